The van der Waals surface area contributed by atoms with Crippen LogP contribution in [0.1, 0.15) is 113 Å². The Labute approximate surface area is 307 Å². The van der Waals surface area contributed by atoms with Gasteiger partial charge in [-0.25, -0.2) is 4.79 Å². The predicted octanol–water partition coefficient (Wildman–Crippen LogP) is 9.59. The number of carboxylic acids is 1. The number of nitrogens with zero attached hydrogens (tertiary/aromatic N) is 1. The highest BCUT2D eigenvalue weighted by Crippen LogP contribution is 2.30. The second-order valence-electron chi connectivity index (χ2n) is 12.5. The first-order chi connectivity index (χ1) is 23.1. The van der Waals surface area contributed by atoms with Crippen LogP contribution in [-0.2, 0) is 16.1 Å². The zero-order chi connectivity index (χ0) is 35.9. The smallest absolute Gasteiger partial charge is 0.326 e. The summed E-state index contributed by atoms with van der Waals surface area (Å²) in [7, 11) is 1.74. The maximum absolute atomic E-state index is 13.2. The van der Waals surface area contributed by atoms with E-state index in [1.807, 2.05) is 63.4 Å². The molecule has 1 amide bonds. The van der Waals surface area contributed by atoms with Crippen molar-refractivity contribution in [1.82, 2.24) is 10.2 Å². The molecule has 0 bridgehead atoms. The van der Waals surface area contributed by atoms with Crippen LogP contribution in [0, 0.1) is 6.92 Å². The number of hydrogen-bond donors (Lipinski definition) is 4. The van der Waals surface area contributed by atoms with Crippen molar-refractivity contribution in [3.05, 3.63) is 59.2 Å². The SMILES string of the molecule is CC.CCCC(C)S.COCC1CCCN1Cc1ccc(C(=O)NC(CCSC)C(=O)O)c(-c2ccccc2C)c1.SC1CCCCC1. The van der Waals surface area contributed by atoms with E-state index < -0.39 is 12.0 Å². The Kier molecular flexibility index (Phi) is 24.2. The summed E-state index contributed by atoms with van der Waals surface area (Å²) in [4.78, 5) is 27.3. The van der Waals surface area contributed by atoms with Gasteiger partial charge in [-0.2, -0.15) is 37.0 Å². The van der Waals surface area contributed by atoms with Crippen molar-refractivity contribution in [2.75, 3.05) is 32.3 Å². The van der Waals surface area contributed by atoms with E-state index in [1.54, 1.807) is 18.9 Å². The van der Waals surface area contributed by atoms with E-state index in [4.69, 9.17) is 4.74 Å². The Morgan fingerprint density at radius 2 is 1.73 bits per heavy atom. The highest BCUT2D eigenvalue weighted by Gasteiger charge is 2.26. The zero-order valence-corrected chi connectivity index (χ0v) is 33.3. The Hall–Kier alpha value is -1.65. The molecular formula is C39H64N2O4S3. The summed E-state index contributed by atoms with van der Waals surface area (Å²) in [6, 6.07) is 13.4. The molecule has 2 N–H and O–H groups in total. The highest BCUT2D eigenvalue weighted by molar-refractivity contribution is 7.98. The summed E-state index contributed by atoms with van der Waals surface area (Å²) in [6.45, 7) is 12.9. The van der Waals surface area contributed by atoms with Gasteiger partial charge in [-0.15, -0.1) is 0 Å². The zero-order valence-electron chi connectivity index (χ0n) is 30.7. The first-order valence-electron chi connectivity index (χ1n) is 17.9. The molecule has 1 aliphatic heterocycles. The predicted molar refractivity (Wildman–Crippen MR) is 214 cm³/mol. The topological polar surface area (TPSA) is 78.9 Å². The number of carbonyl (C=O) groups excluding carboxylic acids is 1. The Balaban J connectivity index is 0.000000635. The molecule has 4 rings (SSSR count). The van der Waals surface area contributed by atoms with Gasteiger partial charge in [0.15, 0.2) is 0 Å². The van der Waals surface area contributed by atoms with E-state index in [0.29, 0.717) is 29.0 Å². The molecule has 1 heterocycles. The van der Waals surface area contributed by atoms with Crippen LogP contribution in [0.4, 0.5) is 0 Å². The molecule has 1 saturated carbocycles. The van der Waals surface area contributed by atoms with E-state index in [1.165, 1.54) is 44.9 Å². The molecule has 6 nitrogen and oxygen atoms in total. The van der Waals surface area contributed by atoms with E-state index >= 15 is 0 Å². The van der Waals surface area contributed by atoms with Gasteiger partial charge in [-0.3, -0.25) is 9.69 Å². The van der Waals surface area contributed by atoms with Gasteiger partial charge >= 0.3 is 5.97 Å². The van der Waals surface area contributed by atoms with Crippen LogP contribution in [0.15, 0.2) is 42.5 Å². The fourth-order valence-corrected chi connectivity index (χ4v) is 7.03. The van der Waals surface area contributed by atoms with Crippen LogP contribution in [-0.4, -0.2) is 76.7 Å². The molecule has 1 aliphatic carbocycles. The Morgan fingerprint density at radius 1 is 1.04 bits per heavy atom. The minimum absolute atomic E-state index is 0.355. The van der Waals surface area contributed by atoms with Crippen molar-refractivity contribution < 1.29 is 19.4 Å². The van der Waals surface area contributed by atoms with Gasteiger partial charge in [0.05, 0.1) is 6.61 Å². The number of thiol groups is 2. The third-order valence-electron chi connectivity index (χ3n) is 8.50. The molecule has 1 saturated heterocycles. The monoisotopic (exact) mass is 720 g/mol. The molecule has 2 aromatic rings. The molecule has 3 atom stereocenters. The molecule has 0 radical (unpaired) electrons. The standard InChI is InChI=1S/C26H34N2O4S.C6H12S.C5H12S.C2H6/c1-18-7-4-5-9-21(18)23-15-19(16-28-13-6-8-20(28)17-32-2)10-11-22(23)25(29)27-24(26(30)31)12-14-33-3;7-6-4-2-1-3-5-6;1-3-4-5(2)6;1-2/h4-5,7,9-11,15,20,24H,6,8,12-14,16-17H2,1-3H3,(H,27,29)(H,30,31);6-7H,1-5H2;5-6H,3-4H2,1-2H3;1-2H3. The van der Waals surface area contributed by atoms with Crippen molar-refractivity contribution in [3.63, 3.8) is 0 Å². The number of carboxylic acid groups (broad SMARTS) is 1. The number of nitrogens with one attached hydrogen (secondary N) is 1. The van der Waals surface area contributed by atoms with Crippen LogP contribution < -0.4 is 5.32 Å². The molecule has 2 aromatic carbocycles. The van der Waals surface area contributed by atoms with Crippen molar-refractivity contribution in [2.24, 2.45) is 0 Å². The molecule has 3 unspecified atom stereocenters. The highest BCUT2D eigenvalue weighted by atomic mass is 32.2. The lowest BCUT2D eigenvalue weighted by atomic mass is 9.93. The summed E-state index contributed by atoms with van der Waals surface area (Å²) < 4.78 is 5.39. The van der Waals surface area contributed by atoms with E-state index in [9.17, 15) is 14.7 Å². The number of amides is 1. The third kappa shape index (κ3) is 16.8. The summed E-state index contributed by atoms with van der Waals surface area (Å²) in [6.07, 6.45) is 14.1. The quantitative estimate of drug-likeness (QED) is 0.155. The van der Waals surface area contributed by atoms with Gasteiger partial charge in [0.1, 0.15) is 6.04 Å². The number of aryl methyl sites for hydroxylation is 1. The molecule has 2 fully saturated rings. The number of likely N-dealkylation sites (tertiary alicyclic amines) is 1. The van der Waals surface area contributed by atoms with Gasteiger partial charge in [-0.1, -0.05) is 83.7 Å². The van der Waals surface area contributed by atoms with Crippen molar-refractivity contribution in [3.8, 4) is 11.1 Å². The summed E-state index contributed by atoms with van der Waals surface area (Å²) in [5.74, 6) is -0.698. The lowest BCUT2D eigenvalue weighted by molar-refractivity contribution is -0.139. The molecule has 2 aliphatic rings. The van der Waals surface area contributed by atoms with E-state index in [2.05, 4.69) is 55.4 Å². The minimum atomic E-state index is -1.01. The van der Waals surface area contributed by atoms with Crippen LogP contribution in [0.25, 0.3) is 11.1 Å². The van der Waals surface area contributed by atoms with Crippen molar-refractivity contribution in [1.29, 1.82) is 0 Å². The summed E-state index contributed by atoms with van der Waals surface area (Å²) >= 11 is 10.1. The number of thioether (sulfide) groups is 1. The van der Waals surface area contributed by atoms with Gasteiger partial charge in [0.25, 0.3) is 5.91 Å². The lowest BCUT2D eigenvalue weighted by Crippen LogP contribution is -2.41. The average Bonchev–Trinajstić information content (AvgIpc) is 3.51. The average molecular weight is 721 g/mol. The second kappa shape index (κ2) is 26.2. The van der Waals surface area contributed by atoms with Crippen LogP contribution in [0.2, 0.25) is 0 Å². The van der Waals surface area contributed by atoms with E-state index in [0.717, 1.165) is 60.0 Å². The summed E-state index contributed by atoms with van der Waals surface area (Å²) in [5, 5.41) is 13.6. The van der Waals surface area contributed by atoms with Gasteiger partial charge in [0, 0.05) is 30.5 Å². The molecule has 9 heteroatoms. The number of hydrogen-bond acceptors (Lipinski definition) is 7. The lowest BCUT2D eigenvalue weighted by Gasteiger charge is -2.24. The van der Waals surface area contributed by atoms with Crippen molar-refractivity contribution in [2.45, 2.75) is 128 Å². The van der Waals surface area contributed by atoms with Gasteiger partial charge < -0.3 is 15.2 Å². The number of ether oxygens (including phenoxy) is 1. The number of carbonyl (C=O) groups is 2. The number of aliphatic carboxylic acids is 1. The molecule has 48 heavy (non-hydrogen) atoms. The molecule has 272 valence electrons. The summed E-state index contributed by atoms with van der Waals surface area (Å²) in [5.41, 5.74) is 4.51. The van der Waals surface area contributed by atoms with E-state index in [-0.39, 0.29) is 5.91 Å². The van der Waals surface area contributed by atoms with Crippen molar-refractivity contribution >= 4 is 48.9 Å². The number of rotatable bonds is 13. The molecule has 0 spiro atoms. The molecule has 0 aromatic heterocycles. The maximum atomic E-state index is 13.2. The number of methoxy groups -OCH3 is 1. The normalized spacial score (nSPS) is 17.4. The van der Waals surface area contributed by atoms with Crippen LogP contribution in [0.3, 0.4) is 0 Å². The Morgan fingerprint density at radius 3 is 2.25 bits per heavy atom. The van der Waals surface area contributed by atoms with Gasteiger partial charge in [0.2, 0.25) is 0 Å². The molecular weight excluding hydrogens is 657 g/mol. The number of benzene rings is 2. The van der Waals surface area contributed by atoms with Gasteiger partial charge in [-0.05, 0) is 104 Å². The maximum Gasteiger partial charge on any atom is 0.326 e. The van der Waals surface area contributed by atoms with Crippen LogP contribution >= 0.6 is 37.0 Å². The fourth-order valence-electron chi connectivity index (χ4n) is 5.93. The largest absolute Gasteiger partial charge is 0.480 e. The minimum Gasteiger partial charge on any atom is -0.480 e. The first-order valence-corrected chi connectivity index (χ1v) is 20.3. The van der Waals surface area contributed by atoms with Crippen LogP contribution in [0.5, 0.6) is 0 Å². The third-order valence-corrected chi connectivity index (χ3v) is 9.92. The first kappa shape index (κ1) is 44.4. The second-order valence-corrected chi connectivity index (χ2v) is 15.1. The Bertz CT molecular complexity index is 1170. The fraction of sp³-hybridized carbons (Fsp3) is 0.641.